The number of nitrogen functional groups attached to an aromatic ring is 1. The zero-order valence-electron chi connectivity index (χ0n) is 12.2. The minimum absolute atomic E-state index is 0.249. The molecule has 1 aliphatic rings. The van der Waals surface area contributed by atoms with E-state index >= 15 is 0 Å². The van der Waals surface area contributed by atoms with Crippen LogP contribution in [0.25, 0.3) is 0 Å². The van der Waals surface area contributed by atoms with Gasteiger partial charge in [0, 0.05) is 19.5 Å². The molecule has 1 heterocycles. The summed E-state index contributed by atoms with van der Waals surface area (Å²) in [6.07, 6.45) is 2.22. The van der Waals surface area contributed by atoms with E-state index in [1.165, 1.54) is 7.11 Å². The second-order valence-electron chi connectivity index (χ2n) is 5.33. The van der Waals surface area contributed by atoms with E-state index in [1.807, 2.05) is 6.07 Å². The van der Waals surface area contributed by atoms with Crippen molar-refractivity contribution in [1.82, 2.24) is 0 Å². The number of para-hydroxylation sites is 1. The van der Waals surface area contributed by atoms with Crippen LogP contribution in [0.15, 0.2) is 18.2 Å². The van der Waals surface area contributed by atoms with E-state index in [0.717, 1.165) is 31.6 Å². The van der Waals surface area contributed by atoms with Crippen molar-refractivity contribution >= 4 is 23.3 Å². The first kappa shape index (κ1) is 15.2. The molecule has 0 spiro atoms. The molecule has 6 heteroatoms. The normalized spacial score (nSPS) is 15.8. The highest BCUT2D eigenvalue weighted by Gasteiger charge is 2.23. The maximum atomic E-state index is 11.7. The summed E-state index contributed by atoms with van der Waals surface area (Å²) in [7, 11) is 1.34. The van der Waals surface area contributed by atoms with Crippen LogP contribution in [0, 0.1) is 5.92 Å². The highest BCUT2D eigenvalue weighted by atomic mass is 16.5. The Labute approximate surface area is 124 Å². The number of carbonyl (C=O) groups excluding carboxylic acids is 2. The molecule has 21 heavy (non-hydrogen) atoms. The number of amides is 1. The fourth-order valence-electron chi connectivity index (χ4n) is 2.78. The van der Waals surface area contributed by atoms with Gasteiger partial charge in [-0.2, -0.15) is 0 Å². The van der Waals surface area contributed by atoms with Crippen molar-refractivity contribution < 1.29 is 14.3 Å². The van der Waals surface area contributed by atoms with Crippen LogP contribution in [0.3, 0.4) is 0 Å². The molecule has 0 saturated carbocycles. The predicted octanol–water partition coefficient (Wildman–Crippen LogP) is 1.15. The van der Waals surface area contributed by atoms with Crippen LogP contribution in [0.1, 0.15) is 29.6 Å². The first-order valence-electron chi connectivity index (χ1n) is 7.03. The van der Waals surface area contributed by atoms with Gasteiger partial charge in [-0.1, -0.05) is 6.07 Å². The van der Waals surface area contributed by atoms with Gasteiger partial charge in [0.1, 0.15) is 0 Å². The van der Waals surface area contributed by atoms with Gasteiger partial charge < -0.3 is 21.1 Å². The molecule has 0 unspecified atom stereocenters. The van der Waals surface area contributed by atoms with Gasteiger partial charge >= 0.3 is 5.97 Å². The molecule has 6 nitrogen and oxygen atoms in total. The van der Waals surface area contributed by atoms with Crippen molar-refractivity contribution in [2.75, 3.05) is 30.8 Å². The fourth-order valence-corrected chi connectivity index (χ4v) is 2.78. The van der Waals surface area contributed by atoms with E-state index in [9.17, 15) is 9.59 Å². The molecule has 0 bridgehead atoms. The average Bonchev–Trinajstić information content (AvgIpc) is 2.47. The summed E-state index contributed by atoms with van der Waals surface area (Å²) in [5.41, 5.74) is 13.0. The van der Waals surface area contributed by atoms with Crippen molar-refractivity contribution in [3.8, 4) is 0 Å². The molecule has 4 N–H and O–H groups in total. The topological polar surface area (TPSA) is 98.6 Å². The Kier molecular flexibility index (Phi) is 4.67. The van der Waals surface area contributed by atoms with Crippen LogP contribution in [0.5, 0.6) is 0 Å². The standard InChI is InChI=1S/C15H21N3O3/c1-21-15(20)11-3-2-4-12(14(11)17)18-7-5-10(6-8-18)9-13(16)19/h2-4,10H,5-9,17H2,1H3,(H2,16,19). The quantitative estimate of drug-likeness (QED) is 0.640. The zero-order valence-corrected chi connectivity index (χ0v) is 12.2. The monoisotopic (exact) mass is 291 g/mol. The highest BCUT2D eigenvalue weighted by molar-refractivity contribution is 5.98. The Hall–Kier alpha value is -2.24. The van der Waals surface area contributed by atoms with Gasteiger partial charge in [0.25, 0.3) is 0 Å². The third kappa shape index (κ3) is 3.45. The van der Waals surface area contributed by atoms with E-state index in [1.54, 1.807) is 12.1 Å². The molecule has 1 aromatic rings. The van der Waals surface area contributed by atoms with Crippen molar-refractivity contribution in [1.29, 1.82) is 0 Å². The zero-order chi connectivity index (χ0) is 15.4. The number of anilines is 2. The van der Waals surface area contributed by atoms with Gasteiger partial charge in [0.2, 0.25) is 5.91 Å². The summed E-state index contributed by atoms with van der Waals surface area (Å²) in [6, 6.07) is 5.36. The Morgan fingerprint density at radius 2 is 2.00 bits per heavy atom. The number of rotatable bonds is 4. The van der Waals surface area contributed by atoms with Gasteiger partial charge in [0.05, 0.1) is 24.0 Å². The summed E-state index contributed by atoms with van der Waals surface area (Å²) < 4.78 is 4.73. The first-order chi connectivity index (χ1) is 10.0. The summed E-state index contributed by atoms with van der Waals surface area (Å²) >= 11 is 0. The molecule has 0 atom stereocenters. The van der Waals surface area contributed by atoms with Crippen LogP contribution in [-0.4, -0.2) is 32.1 Å². The Morgan fingerprint density at radius 1 is 1.33 bits per heavy atom. The number of esters is 1. The minimum Gasteiger partial charge on any atom is -0.465 e. The van der Waals surface area contributed by atoms with Crippen LogP contribution in [-0.2, 0) is 9.53 Å². The number of ether oxygens (including phenoxy) is 1. The molecule has 1 aliphatic heterocycles. The molecule has 2 rings (SSSR count). The van der Waals surface area contributed by atoms with Crippen molar-refractivity contribution in [3.63, 3.8) is 0 Å². The van der Waals surface area contributed by atoms with E-state index < -0.39 is 5.97 Å². The van der Waals surface area contributed by atoms with Crippen LogP contribution >= 0.6 is 0 Å². The van der Waals surface area contributed by atoms with Crippen molar-refractivity contribution in [2.24, 2.45) is 11.7 Å². The molecular formula is C15H21N3O3. The summed E-state index contributed by atoms with van der Waals surface area (Å²) in [4.78, 5) is 24.8. The molecule has 114 valence electrons. The number of hydrogen-bond acceptors (Lipinski definition) is 5. The summed E-state index contributed by atoms with van der Waals surface area (Å²) in [6.45, 7) is 1.60. The number of nitrogens with zero attached hydrogens (tertiary/aromatic N) is 1. The van der Waals surface area contributed by atoms with Gasteiger partial charge in [0.15, 0.2) is 0 Å². The lowest BCUT2D eigenvalue weighted by Gasteiger charge is -2.34. The lowest BCUT2D eigenvalue weighted by molar-refractivity contribution is -0.119. The average molecular weight is 291 g/mol. The maximum Gasteiger partial charge on any atom is 0.340 e. The Morgan fingerprint density at radius 3 is 2.57 bits per heavy atom. The van der Waals surface area contributed by atoms with Crippen LogP contribution in [0.2, 0.25) is 0 Å². The molecule has 1 aromatic carbocycles. The number of methoxy groups -OCH3 is 1. The fraction of sp³-hybridized carbons (Fsp3) is 0.467. The van der Waals surface area contributed by atoms with E-state index in [4.69, 9.17) is 16.2 Å². The lowest BCUT2D eigenvalue weighted by atomic mass is 9.93. The second kappa shape index (κ2) is 6.47. The molecule has 1 amide bonds. The van der Waals surface area contributed by atoms with Crippen molar-refractivity contribution in [2.45, 2.75) is 19.3 Å². The van der Waals surface area contributed by atoms with Crippen molar-refractivity contribution in [3.05, 3.63) is 23.8 Å². The molecule has 0 aliphatic carbocycles. The summed E-state index contributed by atoms with van der Waals surface area (Å²) in [5, 5.41) is 0. The number of benzene rings is 1. The van der Waals surface area contributed by atoms with Gasteiger partial charge in [-0.3, -0.25) is 4.79 Å². The minimum atomic E-state index is -0.432. The van der Waals surface area contributed by atoms with E-state index in [-0.39, 0.29) is 5.91 Å². The van der Waals surface area contributed by atoms with E-state index in [2.05, 4.69) is 4.90 Å². The number of hydrogen-bond donors (Lipinski definition) is 2. The number of nitrogens with two attached hydrogens (primary N) is 2. The molecule has 1 fully saturated rings. The van der Waals surface area contributed by atoms with Gasteiger partial charge in [-0.05, 0) is 30.9 Å². The Balaban J connectivity index is 2.10. The largest absolute Gasteiger partial charge is 0.465 e. The summed E-state index contributed by atoms with van der Waals surface area (Å²) in [5.74, 6) is -0.345. The number of primary amides is 1. The van der Waals surface area contributed by atoms with Gasteiger partial charge in [-0.15, -0.1) is 0 Å². The second-order valence-corrected chi connectivity index (χ2v) is 5.33. The highest BCUT2D eigenvalue weighted by Crippen LogP contribution is 2.31. The van der Waals surface area contributed by atoms with Crippen LogP contribution < -0.4 is 16.4 Å². The molecular weight excluding hydrogens is 270 g/mol. The van der Waals surface area contributed by atoms with Crippen LogP contribution in [0.4, 0.5) is 11.4 Å². The number of piperidine rings is 1. The third-order valence-electron chi connectivity index (χ3n) is 3.93. The third-order valence-corrected chi connectivity index (χ3v) is 3.93. The smallest absolute Gasteiger partial charge is 0.340 e. The molecule has 0 radical (unpaired) electrons. The van der Waals surface area contributed by atoms with Gasteiger partial charge in [-0.25, -0.2) is 4.79 Å². The van der Waals surface area contributed by atoms with E-state index in [0.29, 0.717) is 23.6 Å². The Bertz CT molecular complexity index is 537. The maximum absolute atomic E-state index is 11.7. The lowest BCUT2D eigenvalue weighted by Crippen LogP contribution is -2.35. The predicted molar refractivity (Wildman–Crippen MR) is 80.9 cm³/mol. The molecule has 1 saturated heterocycles. The SMILES string of the molecule is COC(=O)c1cccc(N2CCC(CC(N)=O)CC2)c1N. The molecule has 0 aromatic heterocycles. The number of carbonyl (C=O) groups is 2. The first-order valence-corrected chi connectivity index (χ1v) is 7.03.